The minimum Gasteiger partial charge on any atom is -0.494 e. The van der Waals surface area contributed by atoms with E-state index >= 15 is 0 Å². The molecule has 0 saturated carbocycles. The third kappa shape index (κ3) is 15.0. The highest BCUT2D eigenvalue weighted by molar-refractivity contribution is 6.43. The maximum Gasteiger partial charge on any atom is 0.265 e. The van der Waals surface area contributed by atoms with E-state index in [1.165, 1.54) is 94.8 Å². The zero-order valence-electron chi connectivity index (χ0n) is 60.8. The van der Waals surface area contributed by atoms with Gasteiger partial charge in [0.1, 0.15) is 28.6 Å². The van der Waals surface area contributed by atoms with Crippen LogP contribution in [0.1, 0.15) is 236 Å². The number of fused-ring (bicyclic) bond motifs is 2. The maximum atomic E-state index is 14.9. The predicted octanol–water partition coefficient (Wildman–Crippen LogP) is 24.4. The summed E-state index contributed by atoms with van der Waals surface area (Å²) >= 11 is 0. The molecular weight excluding hydrogens is 1300 g/mol. The molecule has 0 fully saturated rings. The molecule has 0 radical (unpaired) electrons. The predicted molar refractivity (Wildman–Crippen MR) is 416 cm³/mol. The third-order valence-corrected chi connectivity index (χ3v) is 21.4. The van der Waals surface area contributed by atoms with Crippen molar-refractivity contribution in [2.45, 2.75) is 201 Å². The Balaban J connectivity index is 0.705. The Morgan fingerprint density at radius 2 is 0.625 bits per heavy atom. The molecule has 14 rings (SSSR count). The summed E-state index contributed by atoms with van der Waals surface area (Å²) in [5.74, 6) is 1.80. The summed E-state index contributed by atoms with van der Waals surface area (Å²) in [7, 11) is 0. The van der Waals surface area contributed by atoms with Gasteiger partial charge in [-0.15, -0.1) is 0 Å². The molecule has 0 atom stereocenters. The highest BCUT2D eigenvalue weighted by Crippen LogP contribution is 2.48. The second-order valence-corrected chi connectivity index (χ2v) is 28.7. The van der Waals surface area contributed by atoms with Crippen LogP contribution in [0.2, 0.25) is 0 Å². The van der Waals surface area contributed by atoms with Crippen molar-refractivity contribution in [2.75, 3.05) is 18.1 Å². The zero-order valence-corrected chi connectivity index (χ0v) is 60.8. The first-order valence-electron chi connectivity index (χ1n) is 38.7. The van der Waals surface area contributed by atoms with E-state index in [1.807, 2.05) is 146 Å². The topological polar surface area (TPSA) is 171 Å². The minimum atomic E-state index is -0.443. The fraction of sp³-hybridized carbons (Fsp3) is 0.367. The summed E-state index contributed by atoms with van der Waals surface area (Å²) in [6, 6.07) is 49.8. The van der Waals surface area contributed by atoms with Gasteiger partial charge in [-0.2, -0.15) is 0 Å². The van der Waals surface area contributed by atoms with E-state index in [-0.39, 0.29) is 17.9 Å². The van der Waals surface area contributed by atoms with Crippen molar-refractivity contribution in [1.29, 1.82) is 0 Å². The molecule has 534 valence electrons. The molecule has 0 bridgehead atoms. The van der Waals surface area contributed by atoms with Gasteiger partial charge in [-0.05, 0) is 161 Å². The average Bonchev–Trinajstić information content (AvgIpc) is 0.728. The molecular formula is C90H95N5O9. The Hall–Kier alpha value is -10.2. The Morgan fingerprint density at radius 1 is 0.317 bits per heavy atom. The number of hydrogen-bond acceptors (Lipinski definition) is 12. The van der Waals surface area contributed by atoms with Crippen LogP contribution in [-0.4, -0.2) is 63.3 Å². The molecule has 5 heterocycles. The first-order valence-corrected chi connectivity index (χ1v) is 38.7. The number of hydrogen-bond donors (Lipinski definition) is 0. The van der Waals surface area contributed by atoms with Crippen LogP contribution < -0.4 is 14.4 Å². The molecule has 104 heavy (non-hydrogen) atoms. The molecule has 0 N–H and O–H groups in total. The van der Waals surface area contributed by atoms with Gasteiger partial charge in [-0.25, -0.2) is 4.90 Å². The number of carbonyl (C=O) groups excluding carboxylic acids is 4. The minimum absolute atomic E-state index is 0.169. The number of benzene rings is 9. The van der Waals surface area contributed by atoms with E-state index < -0.39 is 11.8 Å². The highest BCUT2D eigenvalue weighted by atomic mass is 16.5. The van der Waals surface area contributed by atoms with Crippen molar-refractivity contribution in [3.63, 3.8) is 0 Å². The van der Waals surface area contributed by atoms with Crippen LogP contribution in [0.25, 0.3) is 111 Å². The van der Waals surface area contributed by atoms with E-state index in [0.29, 0.717) is 97.4 Å². The molecule has 4 amide bonds. The van der Waals surface area contributed by atoms with Gasteiger partial charge in [0.2, 0.25) is 0 Å². The van der Waals surface area contributed by atoms with Gasteiger partial charge in [-0.1, -0.05) is 221 Å². The van der Waals surface area contributed by atoms with Crippen LogP contribution in [0, 0.1) is 0 Å². The molecule has 0 aliphatic carbocycles. The van der Waals surface area contributed by atoms with Gasteiger partial charge < -0.3 is 23.0 Å². The van der Waals surface area contributed by atoms with E-state index in [9.17, 15) is 19.2 Å². The summed E-state index contributed by atoms with van der Waals surface area (Å²) in [5.41, 5.74) is 8.73. The Labute approximate surface area is 609 Å². The number of rotatable bonds is 38. The zero-order chi connectivity index (χ0) is 71.5. The lowest BCUT2D eigenvalue weighted by molar-refractivity contribution is 0.0516. The summed E-state index contributed by atoms with van der Waals surface area (Å²) in [4.78, 5) is 62.3. The van der Waals surface area contributed by atoms with Crippen LogP contribution in [0.4, 0.5) is 5.69 Å². The molecule has 0 spiro atoms. The highest BCUT2D eigenvalue weighted by Gasteiger charge is 2.40. The first kappa shape index (κ1) is 70.8. The molecule has 0 unspecified atom stereocenters. The van der Waals surface area contributed by atoms with Crippen LogP contribution in [-0.2, 0) is 0 Å². The molecule has 14 heteroatoms. The van der Waals surface area contributed by atoms with E-state index in [4.69, 9.17) is 23.0 Å². The van der Waals surface area contributed by atoms with Crippen molar-refractivity contribution >= 4 is 72.4 Å². The number of nitrogens with zero attached hydrogens (tertiary/aromatic N) is 5. The average molecular weight is 1390 g/mol. The number of aromatic nitrogens is 3. The molecule has 0 saturated heterocycles. The Morgan fingerprint density at radius 3 is 0.971 bits per heavy atom. The van der Waals surface area contributed by atoms with Gasteiger partial charge in [0, 0.05) is 90.6 Å². The third-order valence-electron chi connectivity index (χ3n) is 21.4. The van der Waals surface area contributed by atoms with E-state index in [2.05, 4.69) is 43.2 Å². The second kappa shape index (κ2) is 33.1. The van der Waals surface area contributed by atoms with Crippen LogP contribution >= 0.6 is 0 Å². The van der Waals surface area contributed by atoms with E-state index in [0.717, 1.165) is 143 Å². The lowest BCUT2D eigenvalue weighted by atomic mass is 9.82. The Bertz CT molecular complexity index is 4730. The lowest BCUT2D eigenvalue weighted by Gasteiger charge is -2.35. The molecule has 12 aromatic rings. The number of unbranched alkanes of at least 4 members (excludes halogenated alkanes) is 20. The molecule has 14 nitrogen and oxygen atoms in total. The second-order valence-electron chi connectivity index (χ2n) is 28.7. The van der Waals surface area contributed by atoms with Crippen molar-refractivity contribution in [2.24, 2.45) is 0 Å². The van der Waals surface area contributed by atoms with E-state index in [1.54, 1.807) is 17.0 Å². The normalized spacial score (nSPS) is 13.0. The first-order chi connectivity index (χ1) is 51.1. The largest absolute Gasteiger partial charge is 0.494 e. The SMILES string of the molecule is CCCCCCCCCCOc1ccc(-c2cc(-c3cc(-c4cc(-c5ccc(OCCCCCCCCCC)cc5)no4)cc(-c4cc(-c5ccc(N6C(=O)c7ccc8c9ccc%10c%11c(ccc(c%12ccc(c7c8%12)C6=O)c%119)C(=O)N(C(CCCCCC)CCCCCC)C%10=O)cc5)no4)c3)on2)cc1. The van der Waals surface area contributed by atoms with Crippen molar-refractivity contribution < 1.29 is 42.2 Å². The van der Waals surface area contributed by atoms with Crippen LogP contribution in [0.5, 0.6) is 11.5 Å². The van der Waals surface area contributed by atoms with Crippen molar-refractivity contribution in [3.05, 3.63) is 180 Å². The van der Waals surface area contributed by atoms with Crippen LogP contribution in [0.15, 0.2) is 171 Å². The van der Waals surface area contributed by atoms with Gasteiger partial charge in [0.05, 0.1) is 18.9 Å². The fourth-order valence-electron chi connectivity index (χ4n) is 15.6. The number of anilines is 1. The lowest BCUT2D eigenvalue weighted by Crippen LogP contribution is -2.47. The summed E-state index contributed by atoms with van der Waals surface area (Å²) < 4.78 is 30.7. The van der Waals surface area contributed by atoms with Gasteiger partial charge in [0.25, 0.3) is 23.6 Å². The maximum absolute atomic E-state index is 14.9. The molecule has 3 aromatic heterocycles. The van der Waals surface area contributed by atoms with Crippen molar-refractivity contribution in [3.8, 4) is 79.2 Å². The van der Waals surface area contributed by atoms with Crippen molar-refractivity contribution in [1.82, 2.24) is 20.4 Å². The number of ether oxygens (including phenoxy) is 2. The van der Waals surface area contributed by atoms with Gasteiger partial charge >= 0.3 is 0 Å². The summed E-state index contributed by atoms with van der Waals surface area (Å²) in [5, 5.41) is 19.9. The standard InChI is InChI=1S/C90H95N5O9/c1-5-9-13-17-19-21-23-27-51-100-67-39-33-60(34-40-67)78-57-81(103-92-78)63-53-62(54-64(55-63)82-58-79(93-104-82)61-35-41-68(42-36-61)101-52-28-24-22-20-18-14-10-6-2)80-56-77(91-102-80)59-31-37-66(38-32-59)95-89(98)75-49-45-71-69-43-47-73-85-74(48-44-70(83(69)85)72-46-50-76(90(95)99)86(75)84(71)72)88(97)94(87(73)96)65(29-25-15-11-7-3)30-26-16-12-8-4/h31-50,53-58,65H,5-30,51-52H2,1-4H3. The monoisotopic (exact) mass is 1390 g/mol. The van der Waals surface area contributed by atoms with Crippen LogP contribution in [0.3, 0.4) is 0 Å². The Kier molecular flexibility index (Phi) is 22.5. The molecule has 9 aromatic carbocycles. The number of amides is 4. The number of carbonyl (C=O) groups is 4. The smallest absolute Gasteiger partial charge is 0.265 e. The summed E-state index contributed by atoms with van der Waals surface area (Å²) in [6.07, 6.45) is 30.1. The summed E-state index contributed by atoms with van der Waals surface area (Å²) in [6.45, 7) is 10.3. The quantitative estimate of drug-likeness (QED) is 0.0155. The van der Waals surface area contributed by atoms with Gasteiger partial charge in [-0.3, -0.25) is 24.1 Å². The molecule has 2 aliphatic rings. The number of imide groups is 2. The van der Waals surface area contributed by atoms with Gasteiger partial charge in [0.15, 0.2) is 17.3 Å². The fourth-order valence-corrected chi connectivity index (χ4v) is 15.6. The molecule has 2 aliphatic heterocycles.